The van der Waals surface area contributed by atoms with Gasteiger partial charge in [-0.2, -0.15) is 4.39 Å². The number of carbonyl (C=O) groups is 2. The van der Waals surface area contributed by atoms with Crippen LogP contribution in [-0.2, 0) is 14.3 Å². The number of halogens is 1. The Bertz CT molecular complexity index is 1310. The molecular weight excluding hydrogens is 417 g/mol. The SMILES string of the molecule is [3H]C([3H])([3H])OC(=O)C1CN(c2ccc(-c3cc4cc(O)ccc4n3C(=O)OC(C)(C)C)c(F)n2)C1. The molecule has 1 aliphatic heterocycles. The Balaban J connectivity index is 1.63. The predicted octanol–water partition coefficient (Wildman–Crippen LogP) is 3.94. The molecule has 0 amide bonds. The number of phenolic OH excluding ortho intramolecular Hbond substituents is 1. The monoisotopic (exact) mass is 447 g/mol. The first kappa shape index (κ1) is 18.0. The number of hydrogen-bond donors (Lipinski definition) is 1. The summed E-state index contributed by atoms with van der Waals surface area (Å²) in [5.41, 5.74) is -0.140. The van der Waals surface area contributed by atoms with Crippen LogP contribution < -0.4 is 4.90 Å². The lowest BCUT2D eigenvalue weighted by molar-refractivity contribution is -0.146. The molecule has 9 heteroatoms. The van der Waals surface area contributed by atoms with E-state index < -0.39 is 36.6 Å². The fourth-order valence-electron chi connectivity index (χ4n) is 3.60. The Morgan fingerprint density at radius 1 is 1.22 bits per heavy atom. The van der Waals surface area contributed by atoms with Crippen LogP contribution in [0.2, 0.25) is 0 Å². The van der Waals surface area contributed by atoms with Gasteiger partial charge in [0.2, 0.25) is 5.95 Å². The molecule has 1 saturated heterocycles. The van der Waals surface area contributed by atoms with E-state index in [1.165, 1.54) is 34.9 Å². The molecule has 168 valence electrons. The number of phenols is 1. The Labute approximate surface area is 188 Å². The fraction of sp³-hybridized carbons (Fsp3) is 0.348. The van der Waals surface area contributed by atoms with E-state index in [4.69, 9.17) is 8.85 Å². The highest BCUT2D eigenvalue weighted by Gasteiger charge is 2.34. The van der Waals surface area contributed by atoms with E-state index in [1.54, 1.807) is 31.7 Å². The first-order valence-electron chi connectivity index (χ1n) is 11.4. The lowest BCUT2D eigenvalue weighted by atomic mass is 10.0. The number of aromatic nitrogens is 2. The van der Waals surface area contributed by atoms with Gasteiger partial charge in [0.1, 0.15) is 17.2 Å². The lowest BCUT2D eigenvalue weighted by Gasteiger charge is -2.38. The van der Waals surface area contributed by atoms with Crippen molar-refractivity contribution < 1.29 is 32.7 Å². The second kappa shape index (κ2) is 7.81. The summed E-state index contributed by atoms with van der Waals surface area (Å²) in [6.07, 6.45) is -0.713. The third-order valence-corrected chi connectivity index (χ3v) is 5.11. The van der Waals surface area contributed by atoms with Gasteiger partial charge in [-0.3, -0.25) is 4.79 Å². The van der Waals surface area contributed by atoms with Gasteiger partial charge >= 0.3 is 12.1 Å². The molecule has 0 unspecified atom stereocenters. The minimum Gasteiger partial charge on any atom is -0.508 e. The number of esters is 1. The van der Waals surface area contributed by atoms with Crippen LogP contribution in [0.4, 0.5) is 15.0 Å². The van der Waals surface area contributed by atoms with Crippen molar-refractivity contribution in [1.82, 2.24) is 9.55 Å². The molecular formula is C23H24FN3O5. The van der Waals surface area contributed by atoms with E-state index in [-0.39, 0.29) is 35.9 Å². The van der Waals surface area contributed by atoms with Gasteiger partial charge in [-0.1, -0.05) is 0 Å². The average molecular weight is 447 g/mol. The van der Waals surface area contributed by atoms with Crippen LogP contribution in [0.5, 0.6) is 5.75 Å². The number of hydrogen-bond acceptors (Lipinski definition) is 7. The molecule has 32 heavy (non-hydrogen) atoms. The highest BCUT2D eigenvalue weighted by atomic mass is 19.1. The topological polar surface area (TPSA) is 93.9 Å². The Morgan fingerprint density at radius 3 is 2.62 bits per heavy atom. The normalized spacial score (nSPS) is 16.1. The molecule has 0 bridgehead atoms. The van der Waals surface area contributed by atoms with E-state index in [0.717, 1.165) is 0 Å². The fourth-order valence-corrected chi connectivity index (χ4v) is 3.60. The largest absolute Gasteiger partial charge is 0.508 e. The molecule has 8 nitrogen and oxygen atoms in total. The molecule has 4 rings (SSSR count). The minimum absolute atomic E-state index is 0.0105. The summed E-state index contributed by atoms with van der Waals surface area (Å²) in [6.45, 7) is 5.42. The zero-order valence-electron chi connectivity index (χ0n) is 20.8. The number of rotatable bonds is 3. The standard InChI is InChI=1S/C23H24FN3O5/c1-23(2,3)32-22(30)27-17-7-5-15(28)9-13(17)10-18(27)16-6-8-19(25-20(16)24)26-11-14(12-26)21(29)31-4/h5-10,14,28H,11-12H2,1-4H3/i4T3. The van der Waals surface area contributed by atoms with Crippen LogP contribution in [0.25, 0.3) is 22.2 Å². The van der Waals surface area contributed by atoms with Gasteiger partial charge in [-0.05, 0) is 57.2 Å². The smallest absolute Gasteiger partial charge is 0.419 e. The molecule has 0 radical (unpaired) electrons. The second-order valence-corrected chi connectivity index (χ2v) is 8.62. The van der Waals surface area contributed by atoms with Gasteiger partial charge in [0.15, 0.2) is 0 Å². The van der Waals surface area contributed by atoms with Crippen LogP contribution in [0.15, 0.2) is 36.4 Å². The van der Waals surface area contributed by atoms with E-state index in [2.05, 4.69) is 9.72 Å². The summed E-state index contributed by atoms with van der Waals surface area (Å²) in [5.74, 6) is -2.11. The second-order valence-electron chi connectivity index (χ2n) is 8.62. The van der Waals surface area contributed by atoms with Gasteiger partial charge in [-0.15, -0.1) is 0 Å². The van der Waals surface area contributed by atoms with Crippen LogP contribution in [0.1, 0.15) is 24.9 Å². The molecule has 0 saturated carbocycles. The van der Waals surface area contributed by atoms with Crippen molar-refractivity contribution in [3.05, 3.63) is 42.3 Å². The third kappa shape index (κ3) is 3.98. The molecule has 1 N–H and O–H groups in total. The van der Waals surface area contributed by atoms with Crippen LogP contribution in [0.3, 0.4) is 0 Å². The summed E-state index contributed by atoms with van der Waals surface area (Å²) in [7, 11) is -2.81. The van der Waals surface area contributed by atoms with Gasteiger partial charge in [-0.25, -0.2) is 14.3 Å². The first-order valence-corrected chi connectivity index (χ1v) is 9.94. The Kier molecular flexibility index (Phi) is 4.40. The van der Waals surface area contributed by atoms with Gasteiger partial charge in [0.05, 0.1) is 33.8 Å². The number of aromatic hydroxyl groups is 1. The van der Waals surface area contributed by atoms with Gasteiger partial charge in [0.25, 0.3) is 0 Å². The lowest BCUT2D eigenvalue weighted by Crippen LogP contribution is -2.51. The van der Waals surface area contributed by atoms with Gasteiger partial charge < -0.3 is 19.5 Å². The number of anilines is 1. The minimum atomic E-state index is -2.81. The predicted molar refractivity (Wildman–Crippen MR) is 116 cm³/mol. The number of methoxy groups -OCH3 is 1. The average Bonchev–Trinajstić information content (AvgIpc) is 3.02. The van der Waals surface area contributed by atoms with Crippen molar-refractivity contribution in [2.24, 2.45) is 5.92 Å². The molecule has 3 aromatic rings. The number of carbonyl (C=O) groups excluding carboxylic acids is 2. The van der Waals surface area contributed by atoms with Crippen LogP contribution in [-0.4, -0.2) is 52.4 Å². The zero-order chi connectivity index (χ0) is 25.7. The molecule has 0 aliphatic carbocycles. The molecule has 3 heterocycles. The van der Waals surface area contributed by atoms with Gasteiger partial charge in [0, 0.05) is 18.5 Å². The quantitative estimate of drug-likeness (QED) is 0.480. The summed E-state index contributed by atoms with van der Waals surface area (Å²) in [6, 6.07) is 8.97. The summed E-state index contributed by atoms with van der Waals surface area (Å²) in [4.78, 5) is 30.5. The van der Waals surface area contributed by atoms with E-state index >= 15 is 4.39 Å². The van der Waals surface area contributed by atoms with Crippen molar-refractivity contribution in [2.75, 3.05) is 25.0 Å². The zero-order valence-corrected chi connectivity index (χ0v) is 17.8. The summed E-state index contributed by atoms with van der Waals surface area (Å²) >= 11 is 0. The van der Waals surface area contributed by atoms with Crippen molar-refractivity contribution in [2.45, 2.75) is 26.4 Å². The van der Waals surface area contributed by atoms with Crippen LogP contribution in [0, 0.1) is 11.9 Å². The number of benzene rings is 1. The Morgan fingerprint density at radius 2 is 1.97 bits per heavy atom. The molecule has 0 atom stereocenters. The highest BCUT2D eigenvalue weighted by molar-refractivity contribution is 5.96. The van der Waals surface area contributed by atoms with E-state index in [0.29, 0.717) is 10.9 Å². The summed E-state index contributed by atoms with van der Waals surface area (Å²) in [5, 5.41) is 10.4. The van der Waals surface area contributed by atoms with E-state index in [1.807, 2.05) is 0 Å². The van der Waals surface area contributed by atoms with Crippen molar-refractivity contribution >= 4 is 28.8 Å². The maximum Gasteiger partial charge on any atom is 0.419 e. The molecule has 1 aromatic carbocycles. The van der Waals surface area contributed by atoms with Crippen molar-refractivity contribution in [3.63, 3.8) is 0 Å². The number of nitrogens with zero attached hydrogens (tertiary/aromatic N) is 3. The number of fused-ring (bicyclic) bond motifs is 1. The third-order valence-electron chi connectivity index (χ3n) is 5.11. The van der Waals surface area contributed by atoms with Crippen molar-refractivity contribution in [1.29, 1.82) is 0 Å². The first-order chi connectivity index (χ1) is 16.2. The van der Waals surface area contributed by atoms with Crippen LogP contribution >= 0.6 is 0 Å². The molecule has 1 fully saturated rings. The highest BCUT2D eigenvalue weighted by Crippen LogP contribution is 2.34. The van der Waals surface area contributed by atoms with Crippen molar-refractivity contribution in [3.8, 4) is 17.0 Å². The Hall–Kier alpha value is -3.62. The maximum atomic E-state index is 15.2. The van der Waals surface area contributed by atoms with E-state index in [9.17, 15) is 14.7 Å². The molecule has 2 aromatic heterocycles. The molecule has 0 spiro atoms. The summed E-state index contributed by atoms with van der Waals surface area (Å²) < 4.78 is 47.4. The number of ether oxygens (including phenoxy) is 2. The molecule has 1 aliphatic rings. The maximum absolute atomic E-state index is 15.2. The number of pyridine rings is 1.